The molecule has 1 aliphatic carbocycles. The Morgan fingerprint density at radius 3 is 2.95 bits per heavy atom. The molecule has 1 aliphatic rings. The zero-order chi connectivity index (χ0) is 14.8. The van der Waals surface area contributed by atoms with Crippen molar-refractivity contribution in [2.45, 2.75) is 24.9 Å². The lowest BCUT2D eigenvalue weighted by atomic mass is 10.1. The molecule has 0 spiro atoms. The van der Waals surface area contributed by atoms with E-state index in [0.717, 1.165) is 12.8 Å². The average Bonchev–Trinajstić information content (AvgIpc) is 3.22. The fraction of sp³-hybridized carbons (Fsp3) is 0.333. The van der Waals surface area contributed by atoms with E-state index in [1.165, 1.54) is 18.5 Å². The number of benzene rings is 1. The SMILES string of the molecule is O=C(NCC(O)c1ccccc1F)c1ncoc1C1CC1. The monoisotopic (exact) mass is 290 g/mol. The fourth-order valence-corrected chi connectivity index (χ4v) is 2.19. The van der Waals surface area contributed by atoms with Crippen LogP contribution in [0.1, 0.15) is 46.7 Å². The first-order valence-electron chi connectivity index (χ1n) is 6.81. The van der Waals surface area contributed by atoms with Crippen molar-refractivity contribution in [2.24, 2.45) is 0 Å². The zero-order valence-corrected chi connectivity index (χ0v) is 11.3. The summed E-state index contributed by atoms with van der Waals surface area (Å²) in [6.07, 6.45) is 2.13. The Morgan fingerprint density at radius 2 is 2.24 bits per heavy atom. The van der Waals surface area contributed by atoms with Crippen LogP contribution in [0.15, 0.2) is 35.1 Å². The van der Waals surface area contributed by atoms with Crippen molar-refractivity contribution in [2.75, 3.05) is 6.54 Å². The normalized spacial score (nSPS) is 15.7. The molecule has 1 amide bonds. The molecule has 1 saturated carbocycles. The minimum absolute atomic E-state index is 0.0866. The van der Waals surface area contributed by atoms with Gasteiger partial charge in [-0.25, -0.2) is 9.37 Å². The van der Waals surface area contributed by atoms with E-state index < -0.39 is 17.8 Å². The van der Waals surface area contributed by atoms with Crippen LogP contribution in [-0.4, -0.2) is 22.5 Å². The zero-order valence-electron chi connectivity index (χ0n) is 11.3. The second-order valence-electron chi connectivity index (χ2n) is 5.09. The Balaban J connectivity index is 1.63. The Kier molecular flexibility index (Phi) is 3.70. The highest BCUT2D eigenvalue weighted by molar-refractivity contribution is 5.93. The Labute approximate surface area is 120 Å². The van der Waals surface area contributed by atoms with Crippen LogP contribution in [-0.2, 0) is 0 Å². The third kappa shape index (κ3) is 2.95. The first kappa shape index (κ1) is 13.8. The van der Waals surface area contributed by atoms with Crippen molar-refractivity contribution in [3.05, 3.63) is 53.5 Å². The highest BCUT2D eigenvalue weighted by Gasteiger charge is 2.32. The smallest absolute Gasteiger partial charge is 0.273 e. The molecule has 3 rings (SSSR count). The van der Waals surface area contributed by atoms with E-state index in [1.54, 1.807) is 12.1 Å². The van der Waals surface area contributed by atoms with Crippen LogP contribution in [0.2, 0.25) is 0 Å². The van der Waals surface area contributed by atoms with Crippen LogP contribution >= 0.6 is 0 Å². The quantitative estimate of drug-likeness (QED) is 0.884. The lowest BCUT2D eigenvalue weighted by Gasteiger charge is -2.12. The number of carbonyl (C=O) groups excluding carboxylic acids is 1. The van der Waals surface area contributed by atoms with Crippen LogP contribution in [0.25, 0.3) is 0 Å². The van der Waals surface area contributed by atoms with Crippen molar-refractivity contribution in [1.82, 2.24) is 10.3 Å². The van der Waals surface area contributed by atoms with Gasteiger partial charge in [-0.1, -0.05) is 18.2 Å². The topological polar surface area (TPSA) is 75.4 Å². The van der Waals surface area contributed by atoms with Gasteiger partial charge in [0.1, 0.15) is 11.6 Å². The van der Waals surface area contributed by atoms with Gasteiger partial charge in [0.15, 0.2) is 12.1 Å². The molecule has 2 aromatic rings. The summed E-state index contributed by atoms with van der Waals surface area (Å²) in [6.45, 7) is -0.0866. The molecule has 0 bridgehead atoms. The van der Waals surface area contributed by atoms with Crippen LogP contribution < -0.4 is 5.32 Å². The Bertz CT molecular complexity index is 652. The number of hydrogen-bond donors (Lipinski definition) is 2. The van der Waals surface area contributed by atoms with Gasteiger partial charge in [0.25, 0.3) is 5.91 Å². The van der Waals surface area contributed by atoms with E-state index >= 15 is 0 Å². The summed E-state index contributed by atoms with van der Waals surface area (Å²) < 4.78 is 18.7. The number of aliphatic hydroxyl groups excluding tert-OH is 1. The van der Waals surface area contributed by atoms with Crippen molar-refractivity contribution in [1.29, 1.82) is 0 Å². The van der Waals surface area contributed by atoms with Gasteiger partial charge in [0.05, 0.1) is 6.10 Å². The number of nitrogens with one attached hydrogen (secondary N) is 1. The first-order chi connectivity index (χ1) is 10.2. The second-order valence-corrected chi connectivity index (χ2v) is 5.09. The van der Waals surface area contributed by atoms with E-state index in [2.05, 4.69) is 10.3 Å². The van der Waals surface area contributed by atoms with Gasteiger partial charge >= 0.3 is 0 Å². The molecule has 2 N–H and O–H groups in total. The number of aliphatic hydroxyl groups is 1. The Morgan fingerprint density at radius 1 is 1.48 bits per heavy atom. The van der Waals surface area contributed by atoms with E-state index in [0.29, 0.717) is 5.76 Å². The van der Waals surface area contributed by atoms with E-state index in [-0.39, 0.29) is 23.7 Å². The van der Waals surface area contributed by atoms with Gasteiger partial charge in [0, 0.05) is 18.0 Å². The molecule has 1 heterocycles. The molecule has 0 radical (unpaired) electrons. The molecule has 0 saturated heterocycles. The standard InChI is InChI=1S/C15H15FN2O3/c16-11-4-2-1-3-10(11)12(19)7-17-15(20)13-14(9-5-6-9)21-8-18-13/h1-4,8-9,12,19H,5-7H2,(H,17,20). The minimum atomic E-state index is -1.11. The molecule has 1 fully saturated rings. The summed E-state index contributed by atoms with van der Waals surface area (Å²) in [5.74, 6) is -0.0574. The van der Waals surface area contributed by atoms with Crippen molar-refractivity contribution in [3.63, 3.8) is 0 Å². The number of halogens is 1. The maximum absolute atomic E-state index is 13.5. The largest absolute Gasteiger partial charge is 0.447 e. The lowest BCUT2D eigenvalue weighted by Crippen LogP contribution is -2.29. The molecular formula is C15H15FN2O3. The number of aromatic nitrogens is 1. The fourth-order valence-electron chi connectivity index (χ4n) is 2.19. The molecule has 21 heavy (non-hydrogen) atoms. The lowest BCUT2D eigenvalue weighted by molar-refractivity contribution is 0.0907. The van der Waals surface area contributed by atoms with E-state index in [1.807, 2.05) is 0 Å². The van der Waals surface area contributed by atoms with Crippen LogP contribution in [0.3, 0.4) is 0 Å². The number of rotatable bonds is 5. The van der Waals surface area contributed by atoms with Gasteiger partial charge in [-0.3, -0.25) is 4.79 Å². The summed E-state index contributed by atoms with van der Waals surface area (Å²) in [6, 6.07) is 5.93. The third-order valence-corrected chi connectivity index (χ3v) is 3.48. The summed E-state index contributed by atoms with van der Waals surface area (Å²) in [4.78, 5) is 16.0. The first-order valence-corrected chi connectivity index (χ1v) is 6.81. The van der Waals surface area contributed by atoms with Gasteiger partial charge in [-0.2, -0.15) is 0 Å². The number of nitrogens with zero attached hydrogens (tertiary/aromatic N) is 1. The van der Waals surface area contributed by atoms with Gasteiger partial charge in [0.2, 0.25) is 0 Å². The van der Waals surface area contributed by atoms with Crippen LogP contribution in [0.5, 0.6) is 0 Å². The number of oxazole rings is 1. The minimum Gasteiger partial charge on any atom is -0.447 e. The summed E-state index contributed by atoms with van der Waals surface area (Å²) in [5.41, 5.74) is 0.401. The third-order valence-electron chi connectivity index (χ3n) is 3.48. The van der Waals surface area contributed by atoms with Gasteiger partial charge in [-0.15, -0.1) is 0 Å². The molecular weight excluding hydrogens is 275 g/mol. The summed E-state index contributed by atoms with van der Waals surface area (Å²) in [7, 11) is 0. The summed E-state index contributed by atoms with van der Waals surface area (Å²) in [5, 5.41) is 12.5. The predicted molar refractivity (Wildman–Crippen MR) is 72.2 cm³/mol. The molecule has 0 aliphatic heterocycles. The van der Waals surface area contributed by atoms with Gasteiger partial charge in [-0.05, 0) is 18.9 Å². The van der Waals surface area contributed by atoms with Crippen LogP contribution in [0, 0.1) is 5.82 Å². The molecule has 1 aromatic heterocycles. The number of carbonyl (C=O) groups is 1. The second kappa shape index (κ2) is 5.65. The molecule has 1 aromatic carbocycles. The molecule has 6 heteroatoms. The average molecular weight is 290 g/mol. The number of amides is 1. The highest BCUT2D eigenvalue weighted by Crippen LogP contribution is 2.41. The maximum Gasteiger partial charge on any atom is 0.273 e. The van der Waals surface area contributed by atoms with Crippen molar-refractivity contribution >= 4 is 5.91 Å². The number of hydrogen-bond acceptors (Lipinski definition) is 4. The van der Waals surface area contributed by atoms with Crippen molar-refractivity contribution < 1.29 is 18.7 Å². The van der Waals surface area contributed by atoms with Gasteiger partial charge < -0.3 is 14.8 Å². The maximum atomic E-state index is 13.5. The van der Waals surface area contributed by atoms with Crippen LogP contribution in [0.4, 0.5) is 4.39 Å². The van der Waals surface area contributed by atoms with E-state index in [9.17, 15) is 14.3 Å². The predicted octanol–water partition coefficient (Wildman–Crippen LogP) is 2.15. The highest BCUT2D eigenvalue weighted by atomic mass is 19.1. The van der Waals surface area contributed by atoms with E-state index in [4.69, 9.17) is 4.42 Å². The molecule has 1 unspecified atom stereocenters. The molecule has 1 atom stereocenters. The molecule has 110 valence electrons. The molecule has 5 nitrogen and oxygen atoms in total. The Hall–Kier alpha value is -2.21. The summed E-state index contributed by atoms with van der Waals surface area (Å²) >= 11 is 0. The van der Waals surface area contributed by atoms with Crippen molar-refractivity contribution in [3.8, 4) is 0 Å².